The highest BCUT2D eigenvalue weighted by Crippen LogP contribution is 2.64. The molecule has 0 amide bonds. The molecule has 0 aromatic rings. The molecule has 2 unspecified atom stereocenters. The summed E-state index contributed by atoms with van der Waals surface area (Å²) in [6.45, 7) is -0.0290. The molecule has 176 valence electrons. The second-order valence-corrected chi connectivity index (χ2v) is 6.07. The molecule has 4 nitrogen and oxygen atoms in total. The van der Waals surface area contributed by atoms with Crippen LogP contribution >= 0.6 is 0 Å². The van der Waals surface area contributed by atoms with Crippen LogP contribution in [0.15, 0.2) is 12.2 Å². The lowest BCUT2D eigenvalue weighted by Crippen LogP contribution is -2.76. The van der Waals surface area contributed by atoms with Gasteiger partial charge in [0.1, 0.15) is 6.61 Å². The Morgan fingerprint density at radius 1 is 1.07 bits per heavy atom. The van der Waals surface area contributed by atoms with E-state index in [4.69, 9.17) is 5.11 Å². The zero-order valence-electron chi connectivity index (χ0n) is 14.1. The third-order valence-corrected chi connectivity index (χ3v) is 4.01. The van der Waals surface area contributed by atoms with Crippen LogP contribution in [0.5, 0.6) is 0 Å². The molecule has 30 heavy (non-hydrogen) atoms. The van der Waals surface area contributed by atoms with E-state index in [1.807, 2.05) is 0 Å². The number of hydrogen-bond donors (Lipinski definition) is 1. The lowest BCUT2D eigenvalue weighted by molar-refractivity contribution is -0.432. The van der Waals surface area contributed by atoms with Crippen LogP contribution in [-0.2, 0) is 14.3 Å². The van der Waals surface area contributed by atoms with E-state index in [0.29, 0.717) is 6.92 Å². The van der Waals surface area contributed by atoms with Crippen LogP contribution in [0.4, 0.5) is 57.1 Å². The van der Waals surface area contributed by atoms with Gasteiger partial charge in [-0.2, -0.15) is 48.3 Å². The summed E-state index contributed by atoms with van der Waals surface area (Å²) in [5, 5.41) is 9.06. The van der Waals surface area contributed by atoms with E-state index in [9.17, 15) is 61.9 Å². The first kappa shape index (κ1) is 26.3. The van der Waals surface area contributed by atoms with Gasteiger partial charge in [-0.15, -0.1) is 0 Å². The number of hydrogen-bond acceptors (Lipinski definition) is 4. The second-order valence-electron chi connectivity index (χ2n) is 6.07. The molecular weight excluding hydrogens is 467 g/mol. The molecular formula is C13H9F13O4. The summed E-state index contributed by atoms with van der Waals surface area (Å²) in [6.07, 6.45) is -12.4. The van der Waals surface area contributed by atoms with Gasteiger partial charge >= 0.3 is 48.0 Å². The minimum absolute atomic E-state index is 0.490. The Hall–Kier alpha value is -1.78. The van der Waals surface area contributed by atoms with Crippen LogP contribution in [0.25, 0.3) is 0 Å². The lowest BCUT2D eigenvalue weighted by atomic mass is 9.81. The topological polar surface area (TPSA) is 55.8 Å². The first-order valence-electron chi connectivity index (χ1n) is 7.09. The van der Waals surface area contributed by atoms with Crippen molar-refractivity contribution in [2.24, 2.45) is 0 Å². The first-order valence-corrected chi connectivity index (χ1v) is 7.09. The van der Waals surface area contributed by atoms with Crippen molar-refractivity contribution in [2.45, 2.75) is 54.6 Å². The van der Waals surface area contributed by atoms with Gasteiger partial charge in [0.05, 0.1) is 0 Å². The normalized spacial score (nSPS) is 28.0. The molecule has 0 radical (unpaired) electrons. The van der Waals surface area contributed by atoms with Crippen LogP contribution < -0.4 is 0 Å². The van der Waals surface area contributed by atoms with Crippen molar-refractivity contribution in [3.8, 4) is 0 Å². The minimum Gasteiger partial charge on any atom is -0.440 e. The maximum Gasteiger partial charge on any atom is 0.449 e. The average molecular weight is 476 g/mol. The van der Waals surface area contributed by atoms with Gasteiger partial charge < -0.3 is 14.6 Å². The third-order valence-electron chi connectivity index (χ3n) is 4.01. The van der Waals surface area contributed by atoms with Crippen LogP contribution in [0.1, 0.15) is 6.92 Å². The lowest BCUT2D eigenvalue weighted by Gasteiger charge is -2.45. The average Bonchev–Trinajstić information content (AvgIpc) is 2.76. The van der Waals surface area contributed by atoms with E-state index in [-0.39, 0.29) is 0 Å². The first-order chi connectivity index (χ1) is 13.0. The van der Waals surface area contributed by atoms with Crippen LogP contribution in [0.2, 0.25) is 0 Å². The van der Waals surface area contributed by atoms with Gasteiger partial charge in [0.15, 0.2) is 0 Å². The molecule has 2 atom stereocenters. The highest BCUT2D eigenvalue weighted by Gasteiger charge is 2.95. The number of aliphatic hydroxyl groups is 1. The maximum absolute atomic E-state index is 14.4. The van der Waals surface area contributed by atoms with Gasteiger partial charge in [-0.3, -0.25) is 0 Å². The number of carbonyl (C=O) groups is 1. The van der Waals surface area contributed by atoms with Gasteiger partial charge in [0, 0.05) is 5.57 Å². The molecule has 0 aliphatic carbocycles. The predicted molar refractivity (Wildman–Crippen MR) is 66.4 cm³/mol. The molecule has 1 aliphatic rings. The third kappa shape index (κ3) is 3.03. The Labute approximate surface area is 157 Å². The number of alkyl halides is 13. The Kier molecular flexibility index (Phi) is 6.01. The van der Waals surface area contributed by atoms with Crippen LogP contribution in [0.3, 0.4) is 0 Å². The highest BCUT2D eigenvalue weighted by molar-refractivity contribution is 5.87. The van der Waals surface area contributed by atoms with Crippen LogP contribution in [-0.4, -0.2) is 65.4 Å². The molecule has 1 saturated heterocycles. The molecule has 0 saturated carbocycles. The number of esters is 1. The highest BCUT2D eigenvalue weighted by atomic mass is 19.4. The minimum atomic E-state index is -7.55. The zero-order valence-corrected chi connectivity index (χ0v) is 14.1. The van der Waals surface area contributed by atoms with Gasteiger partial charge in [-0.05, 0) is 6.92 Å². The second kappa shape index (κ2) is 6.86. The van der Waals surface area contributed by atoms with Crippen molar-refractivity contribution in [1.82, 2.24) is 0 Å². The molecule has 1 rings (SSSR count). The van der Waals surface area contributed by atoms with Crippen molar-refractivity contribution >= 4 is 5.97 Å². The number of ether oxygens (including phenoxy) is 2. The van der Waals surface area contributed by atoms with Gasteiger partial charge in [0.2, 0.25) is 0 Å². The molecule has 1 N–H and O–H groups in total. The Morgan fingerprint density at radius 2 is 1.50 bits per heavy atom. The molecule has 0 bridgehead atoms. The molecule has 0 spiro atoms. The smallest absolute Gasteiger partial charge is 0.440 e. The van der Waals surface area contributed by atoms with E-state index >= 15 is 0 Å². The van der Waals surface area contributed by atoms with Crippen LogP contribution in [0, 0.1) is 0 Å². The molecule has 0 aromatic heterocycles. The summed E-state index contributed by atoms with van der Waals surface area (Å²) in [4.78, 5) is 11.4. The van der Waals surface area contributed by atoms with Crippen molar-refractivity contribution in [1.29, 1.82) is 0 Å². The SMILES string of the molecule is C=C(C)C(=O)OC1(C(F)(F)C(F)(F)C(F)(F)C(F)F)COC(O)(C(F)(F)F)C1(F)F. The number of carbonyl (C=O) groups excluding carboxylic acids is 1. The monoisotopic (exact) mass is 476 g/mol. The summed E-state index contributed by atoms with van der Waals surface area (Å²) < 4.78 is 181. The van der Waals surface area contributed by atoms with Gasteiger partial charge in [-0.1, -0.05) is 6.58 Å². The fraction of sp³-hybridized carbons (Fsp3) is 0.769. The van der Waals surface area contributed by atoms with Crippen molar-refractivity contribution < 1.29 is 76.5 Å². The fourth-order valence-corrected chi connectivity index (χ4v) is 2.21. The number of rotatable bonds is 6. The summed E-state index contributed by atoms with van der Waals surface area (Å²) in [5.74, 6) is -37.5. The van der Waals surface area contributed by atoms with E-state index in [1.54, 1.807) is 0 Å². The predicted octanol–water partition coefficient (Wildman–Crippen LogP) is 3.93. The summed E-state index contributed by atoms with van der Waals surface area (Å²) >= 11 is 0. The zero-order chi connectivity index (χ0) is 24.4. The Balaban J connectivity index is 3.91. The van der Waals surface area contributed by atoms with E-state index in [1.165, 1.54) is 0 Å². The molecule has 1 fully saturated rings. The number of halogens is 13. The largest absolute Gasteiger partial charge is 0.449 e. The Morgan fingerprint density at radius 3 is 1.80 bits per heavy atom. The summed E-state index contributed by atoms with van der Waals surface area (Å²) in [7, 11) is 0. The fourth-order valence-electron chi connectivity index (χ4n) is 2.21. The summed E-state index contributed by atoms with van der Waals surface area (Å²) in [6, 6.07) is 0. The van der Waals surface area contributed by atoms with Gasteiger partial charge in [0.25, 0.3) is 5.60 Å². The van der Waals surface area contributed by atoms with Crippen molar-refractivity contribution in [3.63, 3.8) is 0 Å². The quantitative estimate of drug-likeness (QED) is 0.359. The molecule has 17 heteroatoms. The van der Waals surface area contributed by atoms with Gasteiger partial charge in [-0.25, -0.2) is 13.6 Å². The molecule has 1 heterocycles. The van der Waals surface area contributed by atoms with E-state index < -0.39 is 65.8 Å². The van der Waals surface area contributed by atoms with Crippen molar-refractivity contribution in [3.05, 3.63) is 12.2 Å². The van der Waals surface area contributed by atoms with E-state index in [0.717, 1.165) is 0 Å². The summed E-state index contributed by atoms with van der Waals surface area (Å²) in [5.41, 5.74) is -7.21. The Bertz CT molecular complexity index is 716. The van der Waals surface area contributed by atoms with Crippen molar-refractivity contribution in [2.75, 3.05) is 6.61 Å². The molecule has 0 aromatic carbocycles. The standard InChI is InChI=1S/C13H9F13O4/c1-4(2)5(27)30-7(3-29-12(28,10(7,20)21)13(24,25)26)9(18,19)11(22,23)8(16,17)6(14)15/h6,28H,1,3H2,2H3. The maximum atomic E-state index is 14.4. The van der Waals surface area contributed by atoms with E-state index in [2.05, 4.69) is 16.1 Å². The molecule has 1 aliphatic heterocycles.